The molecule has 1 aliphatic rings. The Balaban J connectivity index is 1.29. The molecular formula is C28H23NO5. The first kappa shape index (κ1) is 21.5. The minimum Gasteiger partial charge on any atom is -0.507 e. The number of hydrogen-bond acceptors (Lipinski definition) is 4. The number of nitrogens with one attached hydrogen (secondary N) is 1. The van der Waals surface area contributed by atoms with Crippen LogP contribution < -0.4 is 5.32 Å². The van der Waals surface area contributed by atoms with Crippen molar-refractivity contribution >= 4 is 22.8 Å². The number of alkyl carbamates (subject to hydrolysis) is 1. The fourth-order valence-corrected chi connectivity index (χ4v) is 4.67. The maximum atomic E-state index is 12.6. The van der Waals surface area contributed by atoms with Crippen molar-refractivity contribution in [2.75, 3.05) is 6.61 Å². The topological polar surface area (TPSA) is 95.9 Å². The molecule has 6 nitrogen and oxygen atoms in total. The highest BCUT2D eigenvalue weighted by atomic mass is 16.5. The molecule has 6 heteroatoms. The number of benzene rings is 4. The molecule has 170 valence electrons. The Bertz CT molecular complexity index is 1350. The van der Waals surface area contributed by atoms with Crippen LogP contribution in [0.5, 0.6) is 5.75 Å². The first-order valence-electron chi connectivity index (χ1n) is 11.1. The van der Waals surface area contributed by atoms with Gasteiger partial charge in [-0.2, -0.15) is 0 Å². The molecular weight excluding hydrogens is 430 g/mol. The maximum absolute atomic E-state index is 12.6. The largest absolute Gasteiger partial charge is 0.507 e. The summed E-state index contributed by atoms with van der Waals surface area (Å²) < 4.78 is 5.48. The molecule has 0 fully saturated rings. The van der Waals surface area contributed by atoms with Crippen LogP contribution in [0.15, 0.2) is 84.9 Å². The van der Waals surface area contributed by atoms with Gasteiger partial charge in [-0.1, -0.05) is 84.9 Å². The van der Waals surface area contributed by atoms with Crippen molar-refractivity contribution < 1.29 is 24.5 Å². The molecule has 1 unspecified atom stereocenters. The standard InChI is InChI=1S/C28H23NO5/c30-26-18(14-13-17-7-1-2-8-19(17)26)15-25(27(31)32)29-28(33)34-16-24-22-11-5-3-9-20(22)21-10-4-6-12-23(21)24/h1-14,24-25,30H,15-16H2,(H,29,33)(H,31,32). The number of carboxylic acids is 1. The molecule has 0 bridgehead atoms. The second kappa shape index (κ2) is 8.90. The highest BCUT2D eigenvalue weighted by Crippen LogP contribution is 2.44. The van der Waals surface area contributed by atoms with E-state index in [1.807, 2.05) is 66.7 Å². The van der Waals surface area contributed by atoms with Gasteiger partial charge in [0, 0.05) is 17.7 Å². The lowest BCUT2D eigenvalue weighted by Crippen LogP contribution is -2.42. The van der Waals surface area contributed by atoms with Crippen molar-refractivity contribution in [1.29, 1.82) is 0 Å². The number of phenols is 1. The molecule has 0 aliphatic heterocycles. The van der Waals surface area contributed by atoms with Crippen molar-refractivity contribution in [3.8, 4) is 16.9 Å². The number of fused-ring (bicyclic) bond motifs is 4. The van der Waals surface area contributed by atoms with Crippen LogP contribution in [-0.2, 0) is 16.0 Å². The summed E-state index contributed by atoms with van der Waals surface area (Å²) >= 11 is 0. The van der Waals surface area contributed by atoms with E-state index in [4.69, 9.17) is 4.74 Å². The molecule has 0 radical (unpaired) electrons. The van der Waals surface area contributed by atoms with Gasteiger partial charge in [-0.25, -0.2) is 9.59 Å². The monoisotopic (exact) mass is 453 g/mol. The van der Waals surface area contributed by atoms with Gasteiger partial charge in [0.25, 0.3) is 0 Å². The first-order chi connectivity index (χ1) is 16.5. The summed E-state index contributed by atoms with van der Waals surface area (Å²) in [5, 5.41) is 24.2. The lowest BCUT2D eigenvalue weighted by Gasteiger charge is -2.18. The summed E-state index contributed by atoms with van der Waals surface area (Å²) in [7, 11) is 0. The van der Waals surface area contributed by atoms with Gasteiger partial charge in [-0.3, -0.25) is 0 Å². The van der Waals surface area contributed by atoms with E-state index in [2.05, 4.69) is 5.32 Å². The molecule has 0 saturated heterocycles. The molecule has 4 aromatic rings. The van der Waals surface area contributed by atoms with Crippen molar-refractivity contribution in [2.24, 2.45) is 0 Å². The third-order valence-corrected chi connectivity index (χ3v) is 6.34. The van der Waals surface area contributed by atoms with Crippen LogP contribution in [0.3, 0.4) is 0 Å². The zero-order valence-electron chi connectivity index (χ0n) is 18.3. The quantitative estimate of drug-likeness (QED) is 0.378. The highest BCUT2D eigenvalue weighted by molar-refractivity contribution is 5.89. The minimum atomic E-state index is -1.25. The van der Waals surface area contributed by atoms with Crippen LogP contribution in [0, 0.1) is 0 Å². The van der Waals surface area contributed by atoms with E-state index in [9.17, 15) is 19.8 Å². The Morgan fingerprint density at radius 1 is 0.853 bits per heavy atom. The number of carbonyl (C=O) groups is 2. The van der Waals surface area contributed by atoms with Crippen molar-refractivity contribution in [2.45, 2.75) is 18.4 Å². The van der Waals surface area contributed by atoms with Crippen molar-refractivity contribution in [1.82, 2.24) is 5.32 Å². The Morgan fingerprint density at radius 2 is 1.47 bits per heavy atom. The summed E-state index contributed by atoms with van der Waals surface area (Å²) in [5.74, 6) is -1.31. The average molecular weight is 453 g/mol. The van der Waals surface area contributed by atoms with Gasteiger partial charge in [0.05, 0.1) is 0 Å². The number of aliphatic carboxylic acids is 1. The molecule has 0 saturated carbocycles. The number of aromatic hydroxyl groups is 1. The molecule has 1 aliphatic carbocycles. The van der Waals surface area contributed by atoms with Crippen molar-refractivity contribution in [3.63, 3.8) is 0 Å². The molecule has 0 spiro atoms. The van der Waals surface area contributed by atoms with Gasteiger partial charge in [0.1, 0.15) is 18.4 Å². The Labute approximate surface area is 196 Å². The third kappa shape index (κ3) is 3.94. The summed E-state index contributed by atoms with van der Waals surface area (Å²) in [6.45, 7) is 0.0907. The third-order valence-electron chi connectivity index (χ3n) is 6.34. The normalized spacial score (nSPS) is 13.2. The summed E-state index contributed by atoms with van der Waals surface area (Å²) in [5.41, 5.74) is 4.81. The van der Waals surface area contributed by atoms with E-state index in [1.54, 1.807) is 18.2 Å². The summed E-state index contributed by atoms with van der Waals surface area (Å²) in [6.07, 6.45) is -0.884. The highest BCUT2D eigenvalue weighted by Gasteiger charge is 2.30. The molecule has 1 amide bonds. The number of carbonyl (C=O) groups excluding carboxylic acids is 1. The summed E-state index contributed by atoms with van der Waals surface area (Å²) in [4.78, 5) is 24.4. The smallest absolute Gasteiger partial charge is 0.407 e. The first-order valence-corrected chi connectivity index (χ1v) is 11.1. The van der Waals surface area contributed by atoms with Gasteiger partial charge in [0.2, 0.25) is 0 Å². The van der Waals surface area contributed by atoms with Gasteiger partial charge in [0.15, 0.2) is 0 Å². The fraction of sp³-hybridized carbons (Fsp3) is 0.143. The van der Waals surface area contributed by atoms with Crippen LogP contribution in [0.25, 0.3) is 21.9 Å². The van der Waals surface area contributed by atoms with E-state index < -0.39 is 18.1 Å². The minimum absolute atomic E-state index is 0.0127. The maximum Gasteiger partial charge on any atom is 0.407 e. The van der Waals surface area contributed by atoms with Gasteiger partial charge in [-0.05, 0) is 33.2 Å². The Morgan fingerprint density at radius 3 is 2.15 bits per heavy atom. The lowest BCUT2D eigenvalue weighted by molar-refractivity contribution is -0.139. The molecule has 1 atom stereocenters. The lowest BCUT2D eigenvalue weighted by atomic mass is 9.98. The number of phenolic OH excluding ortho intramolecular Hbond substituents is 1. The second-order valence-corrected chi connectivity index (χ2v) is 8.36. The van der Waals surface area contributed by atoms with Crippen LogP contribution in [0.1, 0.15) is 22.6 Å². The van der Waals surface area contributed by atoms with Crippen LogP contribution in [0.2, 0.25) is 0 Å². The molecule has 0 heterocycles. The molecule has 5 rings (SSSR count). The van der Waals surface area contributed by atoms with Crippen LogP contribution in [-0.4, -0.2) is 34.9 Å². The van der Waals surface area contributed by atoms with Gasteiger partial charge in [-0.15, -0.1) is 0 Å². The second-order valence-electron chi connectivity index (χ2n) is 8.36. The van der Waals surface area contributed by atoms with E-state index in [-0.39, 0.29) is 24.7 Å². The molecule has 3 N–H and O–H groups in total. The van der Waals surface area contributed by atoms with Crippen LogP contribution in [0.4, 0.5) is 4.79 Å². The van der Waals surface area contributed by atoms with Gasteiger partial charge < -0.3 is 20.3 Å². The summed E-state index contributed by atoms with van der Waals surface area (Å²) in [6, 6.07) is 25.5. The SMILES string of the molecule is O=C(NC(Cc1ccc2ccccc2c1O)C(=O)O)OCC1c2ccccc2-c2ccccc21. The number of carboxylic acid groups (broad SMARTS) is 1. The van der Waals surface area contributed by atoms with Crippen molar-refractivity contribution in [3.05, 3.63) is 102 Å². The van der Waals surface area contributed by atoms with E-state index >= 15 is 0 Å². The Hall–Kier alpha value is -4.32. The average Bonchev–Trinajstić information content (AvgIpc) is 3.17. The van der Waals surface area contributed by atoms with Crippen LogP contribution >= 0.6 is 0 Å². The molecule has 4 aromatic carbocycles. The number of hydrogen-bond donors (Lipinski definition) is 3. The van der Waals surface area contributed by atoms with Gasteiger partial charge >= 0.3 is 12.1 Å². The fourth-order valence-electron chi connectivity index (χ4n) is 4.67. The number of rotatable bonds is 6. The molecule has 34 heavy (non-hydrogen) atoms. The molecule has 0 aromatic heterocycles. The van der Waals surface area contributed by atoms with E-state index in [0.717, 1.165) is 27.6 Å². The zero-order chi connectivity index (χ0) is 23.7. The van der Waals surface area contributed by atoms with E-state index in [0.29, 0.717) is 10.9 Å². The Kier molecular flexibility index (Phi) is 5.64. The van der Waals surface area contributed by atoms with E-state index in [1.165, 1.54) is 0 Å². The predicted molar refractivity (Wildman–Crippen MR) is 129 cm³/mol. The number of amides is 1. The predicted octanol–water partition coefficient (Wildman–Crippen LogP) is 5.08. The number of ether oxygens (including phenoxy) is 1. The zero-order valence-corrected chi connectivity index (χ0v) is 18.3.